The topological polar surface area (TPSA) is 30.5 Å². The molecule has 0 unspecified atom stereocenters. The molecule has 0 aromatic heterocycles. The Balaban J connectivity index is 2.47. The average Bonchev–Trinajstić information content (AvgIpc) is 2.01. The van der Waals surface area contributed by atoms with Gasteiger partial charge in [-0.2, -0.15) is 0 Å². The molecule has 1 aliphatic heterocycles. The monoisotopic (exact) mass is 444 g/mol. The number of rotatable bonds is 2. The molecule has 0 aromatic carbocycles. The first kappa shape index (κ1) is 13.9. The van der Waals surface area contributed by atoms with Gasteiger partial charge in [-0.25, -0.2) is 0 Å². The van der Waals surface area contributed by atoms with Crippen LogP contribution in [-0.4, -0.2) is 65.6 Å². The zero-order chi connectivity index (χ0) is 11.0. The molecule has 4 radical (unpaired) electrons. The van der Waals surface area contributed by atoms with Crippen LogP contribution in [0.3, 0.4) is 0 Å². The van der Waals surface area contributed by atoms with Crippen molar-refractivity contribution >= 4 is 59.8 Å². The Morgan fingerprint density at radius 3 is 1.14 bits per heavy atom. The molecule has 80 valence electrons. The van der Waals surface area contributed by atoms with E-state index in [1.807, 2.05) is 0 Å². The second kappa shape index (κ2) is 5.02. The van der Waals surface area contributed by atoms with Crippen molar-refractivity contribution < 1.29 is 0 Å². The SMILES string of the molecule is C[Si](C)(C)[N]1[NH][Sn][N]([Si](C)(C)C)[NH][Sn]1. The summed E-state index contributed by atoms with van der Waals surface area (Å²) in [5.74, 6) is 0. The van der Waals surface area contributed by atoms with Gasteiger partial charge in [-0.3, -0.25) is 0 Å². The normalized spacial score (nSPS) is 22.7. The van der Waals surface area contributed by atoms with E-state index in [4.69, 9.17) is 0 Å². The van der Waals surface area contributed by atoms with Crippen molar-refractivity contribution in [3.63, 3.8) is 0 Å². The summed E-state index contributed by atoms with van der Waals surface area (Å²) in [6.07, 6.45) is 0. The summed E-state index contributed by atoms with van der Waals surface area (Å²) in [4.78, 5) is 0. The molecule has 14 heavy (non-hydrogen) atoms. The van der Waals surface area contributed by atoms with E-state index in [-0.39, 0.29) is 0 Å². The maximum absolute atomic E-state index is 3.75. The van der Waals surface area contributed by atoms with Crippen LogP contribution < -0.4 is 7.29 Å². The zero-order valence-electron chi connectivity index (χ0n) is 9.89. The number of hydrogen-bond acceptors (Lipinski definition) is 4. The molecule has 1 fully saturated rings. The molecule has 0 aromatic rings. The van der Waals surface area contributed by atoms with Crippen LogP contribution in [0.25, 0.3) is 0 Å². The molecule has 0 bridgehead atoms. The number of nitrogens with one attached hydrogen (secondary N) is 2. The van der Waals surface area contributed by atoms with Crippen molar-refractivity contribution in [3.05, 3.63) is 0 Å². The first-order valence-electron chi connectivity index (χ1n) is 4.84. The van der Waals surface area contributed by atoms with Gasteiger partial charge in [-0.15, -0.1) is 0 Å². The summed E-state index contributed by atoms with van der Waals surface area (Å²) in [5.41, 5.74) is 0. The Bertz CT molecular complexity index is 173. The van der Waals surface area contributed by atoms with Gasteiger partial charge >= 0.3 is 112 Å². The van der Waals surface area contributed by atoms with Gasteiger partial charge in [0, 0.05) is 0 Å². The van der Waals surface area contributed by atoms with Crippen LogP contribution >= 0.6 is 0 Å². The summed E-state index contributed by atoms with van der Waals surface area (Å²) < 4.78 is 12.8. The van der Waals surface area contributed by atoms with Crippen LogP contribution in [-0.2, 0) is 0 Å². The van der Waals surface area contributed by atoms with Crippen LogP contribution in [0.15, 0.2) is 0 Å². The molecule has 0 atom stereocenters. The van der Waals surface area contributed by atoms with E-state index in [1.54, 1.807) is 0 Å². The number of hydrogen-bond donors (Lipinski definition) is 2. The Hall–Kier alpha value is 1.87. The third kappa shape index (κ3) is 4.03. The molecule has 1 heterocycles. The average molecular weight is 442 g/mol. The van der Waals surface area contributed by atoms with E-state index >= 15 is 0 Å². The summed E-state index contributed by atoms with van der Waals surface area (Å²) in [6.45, 7) is 14.5. The molecule has 1 saturated heterocycles. The molecule has 0 spiro atoms. The molecular formula is C6H20N4Si2Sn2. The minimum absolute atomic E-state index is 0.554. The Morgan fingerprint density at radius 1 is 0.714 bits per heavy atom. The van der Waals surface area contributed by atoms with E-state index in [2.05, 4.69) is 52.4 Å². The van der Waals surface area contributed by atoms with Crippen molar-refractivity contribution in [3.8, 4) is 0 Å². The minimum atomic E-state index is -1.08. The fourth-order valence-electron chi connectivity index (χ4n) is 0.927. The number of nitrogens with zero attached hydrogens (tertiary/aromatic N) is 2. The fourth-order valence-corrected chi connectivity index (χ4v) is 20.6. The molecule has 4 nitrogen and oxygen atoms in total. The van der Waals surface area contributed by atoms with Gasteiger partial charge in [-0.05, 0) is 0 Å². The molecule has 0 aliphatic carbocycles. The molecule has 0 amide bonds. The van der Waals surface area contributed by atoms with Gasteiger partial charge in [0.15, 0.2) is 0 Å². The van der Waals surface area contributed by atoms with Crippen LogP contribution in [0.5, 0.6) is 0 Å². The van der Waals surface area contributed by atoms with Crippen molar-refractivity contribution in [1.82, 2.24) is 13.1 Å². The van der Waals surface area contributed by atoms with E-state index in [0.29, 0.717) is 0 Å². The second-order valence-corrected chi connectivity index (χ2v) is 22.7. The van der Waals surface area contributed by atoms with Crippen LogP contribution in [0.4, 0.5) is 0 Å². The van der Waals surface area contributed by atoms with Gasteiger partial charge in [0.25, 0.3) is 0 Å². The summed E-state index contributed by atoms with van der Waals surface area (Å²) in [6, 6.07) is 0. The van der Waals surface area contributed by atoms with Crippen LogP contribution in [0.1, 0.15) is 0 Å². The molecule has 8 heteroatoms. The molecule has 1 aliphatic rings. The van der Waals surface area contributed by atoms with Gasteiger partial charge in [0.05, 0.1) is 0 Å². The first-order chi connectivity index (χ1) is 6.21. The van der Waals surface area contributed by atoms with Crippen molar-refractivity contribution in [1.29, 1.82) is 0 Å². The van der Waals surface area contributed by atoms with Gasteiger partial charge in [-0.1, -0.05) is 0 Å². The summed E-state index contributed by atoms with van der Waals surface area (Å²) >= 11 is -1.11. The van der Waals surface area contributed by atoms with Gasteiger partial charge in [0.1, 0.15) is 0 Å². The first-order valence-corrected chi connectivity index (χ1v) is 17.1. The molecule has 0 saturated carbocycles. The van der Waals surface area contributed by atoms with Gasteiger partial charge in [0.2, 0.25) is 0 Å². The van der Waals surface area contributed by atoms with Crippen molar-refractivity contribution in [2.45, 2.75) is 39.3 Å². The second-order valence-electron chi connectivity index (χ2n) is 5.46. The van der Waals surface area contributed by atoms with E-state index in [9.17, 15) is 0 Å². The quantitative estimate of drug-likeness (QED) is 0.606. The Morgan fingerprint density at radius 2 is 1.00 bits per heavy atom. The Labute approximate surface area is 111 Å². The van der Waals surface area contributed by atoms with Crippen LogP contribution in [0, 0.1) is 0 Å². The molecule has 1 rings (SSSR count). The third-order valence-electron chi connectivity index (χ3n) is 1.89. The standard InChI is InChI=1S/2C3H10N2Si.2Sn/c2*1-6(2,3)5-4;;/h2*4H,1-3H3;;/q2*-2;2*+2. The fraction of sp³-hybridized carbons (Fsp3) is 1.00. The van der Waals surface area contributed by atoms with Crippen molar-refractivity contribution in [2.24, 2.45) is 0 Å². The third-order valence-corrected chi connectivity index (χ3v) is 26.5. The Kier molecular flexibility index (Phi) is 5.00. The summed E-state index contributed by atoms with van der Waals surface area (Å²) in [5, 5.41) is 0. The van der Waals surface area contributed by atoms with E-state index in [1.165, 1.54) is 0 Å². The zero-order valence-corrected chi connectivity index (χ0v) is 17.6. The molecule has 2 N–H and O–H groups in total. The van der Waals surface area contributed by atoms with E-state index < -0.39 is 59.8 Å². The predicted octanol–water partition coefficient (Wildman–Crippen LogP) is 0.351. The van der Waals surface area contributed by atoms with Crippen molar-refractivity contribution in [2.75, 3.05) is 0 Å². The van der Waals surface area contributed by atoms with Crippen LogP contribution in [0.2, 0.25) is 39.3 Å². The molecular weight excluding hydrogens is 422 g/mol. The van der Waals surface area contributed by atoms with Gasteiger partial charge < -0.3 is 0 Å². The van der Waals surface area contributed by atoms with E-state index in [0.717, 1.165) is 0 Å². The maximum atomic E-state index is 3.75. The summed E-state index contributed by atoms with van der Waals surface area (Å²) in [7, 11) is -2.16. The predicted molar refractivity (Wildman–Crippen MR) is 68.1 cm³/mol. The number of hydrazine groups is 2.